The third-order valence-electron chi connectivity index (χ3n) is 3.91. The van der Waals surface area contributed by atoms with Crippen molar-refractivity contribution in [1.82, 2.24) is 4.98 Å². The van der Waals surface area contributed by atoms with Crippen molar-refractivity contribution in [1.29, 1.82) is 0 Å². The summed E-state index contributed by atoms with van der Waals surface area (Å²) < 4.78 is 0. The maximum absolute atomic E-state index is 12.8. The summed E-state index contributed by atoms with van der Waals surface area (Å²) in [5.74, 6) is 0.324. The first kappa shape index (κ1) is 16.9. The van der Waals surface area contributed by atoms with Crippen LogP contribution in [0.2, 0.25) is 0 Å². The Bertz CT molecular complexity index is 1090. The van der Waals surface area contributed by atoms with Crippen molar-refractivity contribution in [2.24, 2.45) is 5.10 Å². The van der Waals surface area contributed by atoms with Crippen molar-refractivity contribution in [3.8, 4) is 0 Å². The van der Waals surface area contributed by atoms with Crippen molar-refractivity contribution in [3.05, 3.63) is 88.6 Å². The first-order valence-corrected chi connectivity index (χ1v) is 9.26. The predicted octanol–water partition coefficient (Wildman–Crippen LogP) is 4.99. The number of aromatic nitrogens is 1. The highest BCUT2D eigenvalue weighted by Crippen LogP contribution is 2.22. The van der Waals surface area contributed by atoms with Crippen molar-refractivity contribution < 1.29 is 4.79 Å². The summed E-state index contributed by atoms with van der Waals surface area (Å²) in [6.07, 6.45) is 1.73. The van der Waals surface area contributed by atoms with Crippen LogP contribution in [0.4, 0.5) is 11.5 Å². The van der Waals surface area contributed by atoms with Gasteiger partial charge in [0.25, 0.3) is 5.91 Å². The van der Waals surface area contributed by atoms with Gasteiger partial charge in [0.05, 0.1) is 17.3 Å². The largest absolute Gasteiger partial charge is 0.322 e. The molecule has 1 amide bonds. The van der Waals surface area contributed by atoms with Gasteiger partial charge in [-0.25, -0.2) is 4.98 Å². The van der Waals surface area contributed by atoms with E-state index in [0.29, 0.717) is 11.4 Å². The van der Waals surface area contributed by atoms with Crippen LogP contribution in [0.25, 0.3) is 10.9 Å². The topological polar surface area (TPSA) is 66.4 Å². The van der Waals surface area contributed by atoms with Crippen LogP contribution in [0.3, 0.4) is 0 Å². The van der Waals surface area contributed by atoms with Gasteiger partial charge in [0.2, 0.25) is 0 Å². The van der Waals surface area contributed by atoms with Gasteiger partial charge in [-0.1, -0.05) is 42.5 Å². The van der Waals surface area contributed by atoms with Crippen LogP contribution in [-0.4, -0.2) is 17.1 Å². The number of nitrogens with one attached hydrogen (secondary N) is 2. The van der Waals surface area contributed by atoms with Gasteiger partial charge >= 0.3 is 0 Å². The van der Waals surface area contributed by atoms with E-state index in [-0.39, 0.29) is 5.91 Å². The van der Waals surface area contributed by atoms with Crippen molar-refractivity contribution >= 4 is 45.9 Å². The highest BCUT2D eigenvalue weighted by atomic mass is 32.1. The van der Waals surface area contributed by atoms with E-state index in [9.17, 15) is 4.79 Å². The molecule has 6 heteroatoms. The first-order valence-electron chi connectivity index (χ1n) is 8.38. The Kier molecular flexibility index (Phi) is 4.89. The maximum atomic E-state index is 12.8. The molecule has 2 aromatic carbocycles. The summed E-state index contributed by atoms with van der Waals surface area (Å²) in [4.78, 5) is 18.4. The first-order chi connectivity index (χ1) is 13.3. The number of hydrogen-bond acceptors (Lipinski definition) is 5. The van der Waals surface area contributed by atoms with Crippen LogP contribution in [0.5, 0.6) is 0 Å². The third-order valence-corrected chi connectivity index (χ3v) is 4.71. The zero-order chi connectivity index (χ0) is 18.5. The van der Waals surface area contributed by atoms with Crippen LogP contribution in [0, 0.1) is 0 Å². The molecule has 4 rings (SSSR count). The van der Waals surface area contributed by atoms with Gasteiger partial charge in [0.15, 0.2) is 0 Å². The quantitative estimate of drug-likeness (QED) is 0.383. The Morgan fingerprint density at radius 3 is 2.63 bits per heavy atom. The Morgan fingerprint density at radius 2 is 1.81 bits per heavy atom. The summed E-state index contributed by atoms with van der Waals surface area (Å²) in [7, 11) is 0. The fourth-order valence-electron chi connectivity index (χ4n) is 2.67. The number of amides is 1. The predicted molar refractivity (Wildman–Crippen MR) is 112 cm³/mol. The van der Waals surface area contributed by atoms with Gasteiger partial charge < -0.3 is 5.32 Å². The van der Waals surface area contributed by atoms with Gasteiger partial charge in [-0.3, -0.25) is 10.2 Å². The lowest BCUT2D eigenvalue weighted by Gasteiger charge is -2.10. The van der Waals surface area contributed by atoms with E-state index in [1.165, 1.54) is 0 Å². The standard InChI is InChI=1S/C21H16N4OS/c26-21(23-15-7-2-1-3-8-15)18-13-20(24-19-11-5-4-10-17(18)19)25-22-14-16-9-6-12-27-16/h1-14H,(H,23,26)(H,24,25)/b22-14+. The van der Waals surface area contributed by atoms with Crippen molar-refractivity contribution in [3.63, 3.8) is 0 Å². The molecule has 27 heavy (non-hydrogen) atoms. The molecule has 0 aliphatic rings. The second-order valence-corrected chi connectivity index (χ2v) is 6.76. The van der Waals surface area contributed by atoms with Gasteiger partial charge in [-0.2, -0.15) is 5.10 Å². The lowest BCUT2D eigenvalue weighted by Crippen LogP contribution is -2.13. The number of carbonyl (C=O) groups excluding carboxylic acids is 1. The minimum atomic E-state index is -0.190. The molecule has 5 nitrogen and oxygen atoms in total. The number of rotatable bonds is 5. The minimum absolute atomic E-state index is 0.190. The second-order valence-electron chi connectivity index (χ2n) is 5.78. The molecule has 0 saturated carbocycles. The maximum Gasteiger partial charge on any atom is 0.256 e. The lowest BCUT2D eigenvalue weighted by molar-refractivity contribution is 0.102. The second kappa shape index (κ2) is 7.80. The average Bonchev–Trinajstić information content (AvgIpc) is 3.21. The smallest absolute Gasteiger partial charge is 0.256 e. The summed E-state index contributed by atoms with van der Waals surface area (Å²) in [5.41, 5.74) is 4.93. The molecule has 2 aromatic heterocycles. The van der Waals surface area contributed by atoms with E-state index in [1.807, 2.05) is 72.1 Å². The lowest BCUT2D eigenvalue weighted by atomic mass is 10.1. The molecule has 2 heterocycles. The number of para-hydroxylation sites is 2. The van der Waals surface area contributed by atoms with E-state index >= 15 is 0 Å². The zero-order valence-corrected chi connectivity index (χ0v) is 15.1. The van der Waals surface area contributed by atoms with E-state index in [1.54, 1.807) is 23.6 Å². The molecule has 0 atom stereocenters. The zero-order valence-electron chi connectivity index (χ0n) is 14.3. The third kappa shape index (κ3) is 4.02. The Labute approximate surface area is 160 Å². The van der Waals surface area contributed by atoms with Gasteiger partial charge in [-0.05, 0) is 35.7 Å². The molecule has 0 radical (unpaired) electrons. The fraction of sp³-hybridized carbons (Fsp3) is 0. The van der Waals surface area contributed by atoms with Gasteiger partial charge in [0.1, 0.15) is 5.82 Å². The number of fused-ring (bicyclic) bond motifs is 1. The number of benzene rings is 2. The summed E-state index contributed by atoms with van der Waals surface area (Å²) in [6.45, 7) is 0. The highest BCUT2D eigenvalue weighted by molar-refractivity contribution is 7.11. The van der Waals surface area contributed by atoms with Crippen LogP contribution in [0.15, 0.2) is 83.3 Å². The SMILES string of the molecule is O=C(Nc1ccccc1)c1cc(N/N=C/c2cccs2)nc2ccccc12. The molecular formula is C21H16N4OS. The Morgan fingerprint density at radius 1 is 1.00 bits per heavy atom. The molecule has 0 spiro atoms. The number of nitrogens with zero attached hydrogens (tertiary/aromatic N) is 2. The molecule has 132 valence electrons. The van der Waals surface area contributed by atoms with Crippen molar-refractivity contribution in [2.75, 3.05) is 10.7 Å². The van der Waals surface area contributed by atoms with E-state index in [0.717, 1.165) is 21.5 Å². The molecule has 0 fully saturated rings. The fourth-order valence-corrected chi connectivity index (χ4v) is 3.25. The number of carbonyl (C=O) groups is 1. The van der Waals surface area contributed by atoms with E-state index in [4.69, 9.17) is 0 Å². The van der Waals surface area contributed by atoms with Gasteiger partial charge in [-0.15, -0.1) is 11.3 Å². The van der Waals surface area contributed by atoms with Crippen LogP contribution in [-0.2, 0) is 0 Å². The molecule has 4 aromatic rings. The number of hydrazone groups is 1. The molecule has 0 saturated heterocycles. The number of thiophene rings is 1. The number of hydrogen-bond donors (Lipinski definition) is 2. The molecule has 0 aliphatic heterocycles. The Balaban J connectivity index is 1.65. The number of anilines is 2. The Hall–Kier alpha value is -3.51. The van der Waals surface area contributed by atoms with Crippen LogP contribution >= 0.6 is 11.3 Å². The normalized spacial score (nSPS) is 11.0. The summed E-state index contributed by atoms with van der Waals surface area (Å²) >= 11 is 1.60. The van der Waals surface area contributed by atoms with Crippen molar-refractivity contribution in [2.45, 2.75) is 0 Å². The van der Waals surface area contributed by atoms with Crippen LogP contribution in [0.1, 0.15) is 15.2 Å². The highest BCUT2D eigenvalue weighted by Gasteiger charge is 2.13. The molecule has 2 N–H and O–H groups in total. The summed E-state index contributed by atoms with van der Waals surface area (Å²) in [5, 5.41) is 9.92. The van der Waals surface area contributed by atoms with Crippen LogP contribution < -0.4 is 10.7 Å². The molecular weight excluding hydrogens is 356 g/mol. The van der Waals surface area contributed by atoms with E-state index < -0.39 is 0 Å². The molecule has 0 unspecified atom stereocenters. The van der Waals surface area contributed by atoms with E-state index in [2.05, 4.69) is 20.8 Å². The average molecular weight is 372 g/mol. The summed E-state index contributed by atoms with van der Waals surface area (Å²) in [6, 6.07) is 22.6. The monoisotopic (exact) mass is 372 g/mol. The molecule has 0 aliphatic carbocycles. The molecule has 0 bridgehead atoms. The minimum Gasteiger partial charge on any atom is -0.322 e. The van der Waals surface area contributed by atoms with Gasteiger partial charge in [0, 0.05) is 16.0 Å². The number of pyridine rings is 1.